The van der Waals surface area contributed by atoms with E-state index in [0.717, 1.165) is 0 Å². The van der Waals surface area contributed by atoms with Gasteiger partial charge in [-0.2, -0.15) is 0 Å². The molecule has 12 heteroatoms. The number of aromatic nitrogens is 3. The molecule has 1 aromatic heterocycles. The zero-order valence-corrected chi connectivity index (χ0v) is 17.7. The zero-order chi connectivity index (χ0) is 22.7. The van der Waals surface area contributed by atoms with Crippen LogP contribution >= 0.6 is 11.6 Å². The fourth-order valence-electron chi connectivity index (χ4n) is 3.70. The first-order chi connectivity index (χ1) is 15.2. The van der Waals surface area contributed by atoms with Crippen molar-refractivity contribution in [1.82, 2.24) is 20.3 Å². The molecule has 1 aliphatic heterocycles. The molecule has 174 valence electrons. The Hall–Kier alpha value is -2.37. The average molecular weight is 475 g/mol. The topological polar surface area (TPSA) is 87.5 Å². The first-order valence-electron chi connectivity index (χ1n) is 10.2. The fourth-order valence-corrected chi connectivity index (χ4v) is 3.83. The second-order valence-electron chi connectivity index (χ2n) is 7.84. The second-order valence-corrected chi connectivity index (χ2v) is 8.28. The number of nitrogens with one attached hydrogen (secondary N) is 1. The number of rotatable bonds is 7. The summed E-state index contributed by atoms with van der Waals surface area (Å²) in [5, 5.41) is 11.6. The van der Waals surface area contributed by atoms with Crippen LogP contribution in [-0.4, -0.2) is 52.6 Å². The van der Waals surface area contributed by atoms with Gasteiger partial charge in [0.15, 0.2) is 6.61 Å². The van der Waals surface area contributed by atoms with E-state index in [9.17, 15) is 18.0 Å². The van der Waals surface area contributed by atoms with E-state index < -0.39 is 12.5 Å². The molecule has 8 nitrogen and oxygen atoms in total. The summed E-state index contributed by atoms with van der Waals surface area (Å²) in [7, 11) is 0. The minimum absolute atomic E-state index is 0.115. The Balaban J connectivity index is 1.17. The summed E-state index contributed by atoms with van der Waals surface area (Å²) < 4.78 is 53.5. The third-order valence-electron chi connectivity index (χ3n) is 5.43. The second kappa shape index (κ2) is 9.63. The highest BCUT2D eigenvalue weighted by atomic mass is 35.5. The summed E-state index contributed by atoms with van der Waals surface area (Å²) in [6, 6.07) is 6.42. The minimum Gasteiger partial charge on any atom is -0.484 e. The lowest BCUT2D eigenvalue weighted by molar-refractivity contribution is -0.353. The monoisotopic (exact) mass is 474 g/mol. The summed E-state index contributed by atoms with van der Waals surface area (Å²) >= 11 is 5.81. The van der Waals surface area contributed by atoms with Gasteiger partial charge in [0.1, 0.15) is 17.5 Å². The summed E-state index contributed by atoms with van der Waals surface area (Å²) in [6.45, 7) is 0.200. The van der Waals surface area contributed by atoms with Gasteiger partial charge in [0, 0.05) is 5.02 Å². The van der Waals surface area contributed by atoms with E-state index >= 15 is 0 Å². The number of carbonyl (C=O) groups is 1. The quantitative estimate of drug-likeness (QED) is 0.660. The fraction of sp³-hybridized carbons (Fsp3) is 0.550. The Morgan fingerprint density at radius 3 is 2.66 bits per heavy atom. The molecule has 0 bridgehead atoms. The predicted molar refractivity (Wildman–Crippen MR) is 106 cm³/mol. The molecule has 2 heterocycles. The molecule has 0 unspecified atom stereocenters. The normalized spacial score (nSPS) is 25.8. The van der Waals surface area contributed by atoms with Crippen LogP contribution in [0.4, 0.5) is 13.2 Å². The Morgan fingerprint density at radius 2 is 2.00 bits per heavy atom. The van der Waals surface area contributed by atoms with Gasteiger partial charge >= 0.3 is 6.36 Å². The molecule has 4 rings (SSSR count). The third kappa shape index (κ3) is 6.11. The number of carbonyl (C=O) groups excluding carboxylic acids is 1. The van der Waals surface area contributed by atoms with Crippen molar-refractivity contribution in [2.24, 2.45) is 0 Å². The van der Waals surface area contributed by atoms with E-state index in [4.69, 9.17) is 21.1 Å². The first kappa shape index (κ1) is 22.8. The number of halogens is 4. The van der Waals surface area contributed by atoms with Gasteiger partial charge in [-0.05, 0) is 49.9 Å². The highest BCUT2D eigenvalue weighted by molar-refractivity contribution is 6.30. The molecular weight excluding hydrogens is 453 g/mol. The molecular formula is C20H22ClF3N4O4. The maximum Gasteiger partial charge on any atom is 0.522 e. The molecule has 2 aliphatic rings. The van der Waals surface area contributed by atoms with Gasteiger partial charge in [0.25, 0.3) is 5.91 Å². The number of hydrogen-bond donors (Lipinski definition) is 1. The van der Waals surface area contributed by atoms with Crippen molar-refractivity contribution >= 4 is 17.5 Å². The molecule has 2 aromatic rings. The predicted octanol–water partition coefficient (Wildman–Crippen LogP) is 3.59. The number of amides is 1. The summed E-state index contributed by atoms with van der Waals surface area (Å²) in [5.74, 6) is 0.300. The van der Waals surface area contributed by atoms with Gasteiger partial charge in [-0.25, -0.2) is 4.68 Å². The van der Waals surface area contributed by atoms with Gasteiger partial charge in [-0.15, -0.1) is 18.3 Å². The van der Waals surface area contributed by atoms with Gasteiger partial charge in [0.2, 0.25) is 0 Å². The van der Waals surface area contributed by atoms with E-state index in [1.807, 2.05) is 0 Å². The van der Waals surface area contributed by atoms with Crippen LogP contribution in [-0.2, 0) is 14.3 Å². The van der Waals surface area contributed by atoms with Crippen molar-refractivity contribution in [2.75, 3.05) is 13.2 Å². The van der Waals surface area contributed by atoms with Crippen LogP contribution in [0.3, 0.4) is 0 Å². The van der Waals surface area contributed by atoms with Crippen LogP contribution < -0.4 is 10.1 Å². The number of benzene rings is 1. The molecule has 2 fully saturated rings. The van der Waals surface area contributed by atoms with E-state index in [1.165, 1.54) is 0 Å². The molecule has 32 heavy (non-hydrogen) atoms. The van der Waals surface area contributed by atoms with Crippen LogP contribution in [0.5, 0.6) is 5.75 Å². The van der Waals surface area contributed by atoms with Crippen molar-refractivity contribution in [3.63, 3.8) is 0 Å². The van der Waals surface area contributed by atoms with Crippen molar-refractivity contribution in [3.05, 3.63) is 41.2 Å². The van der Waals surface area contributed by atoms with Gasteiger partial charge < -0.3 is 14.8 Å². The minimum atomic E-state index is -4.62. The Labute approximate surface area is 187 Å². The molecule has 1 N–H and O–H groups in total. The summed E-state index contributed by atoms with van der Waals surface area (Å²) in [4.78, 5) is 12.1. The molecule has 1 saturated heterocycles. The first-order valence-corrected chi connectivity index (χ1v) is 10.6. The molecule has 1 saturated carbocycles. The molecule has 0 radical (unpaired) electrons. The van der Waals surface area contributed by atoms with E-state index in [0.29, 0.717) is 35.9 Å². The average Bonchev–Trinajstić information content (AvgIpc) is 3.19. The smallest absolute Gasteiger partial charge is 0.484 e. The van der Waals surface area contributed by atoms with E-state index in [-0.39, 0.29) is 43.5 Å². The SMILES string of the molecule is O=C(COc1ccc(Cl)cc1)N[C@@H]1CC[C@@H](c2cn(C3CC(OC(F)(F)F)C3)nn2)OC1. The summed E-state index contributed by atoms with van der Waals surface area (Å²) in [5.41, 5.74) is 0.626. The van der Waals surface area contributed by atoms with Crippen LogP contribution in [0, 0.1) is 0 Å². The largest absolute Gasteiger partial charge is 0.522 e. The van der Waals surface area contributed by atoms with Crippen molar-refractivity contribution in [1.29, 1.82) is 0 Å². The maximum atomic E-state index is 12.2. The van der Waals surface area contributed by atoms with Crippen molar-refractivity contribution in [2.45, 2.75) is 56.3 Å². The lowest BCUT2D eigenvalue weighted by Gasteiger charge is -2.34. The van der Waals surface area contributed by atoms with Crippen molar-refractivity contribution in [3.8, 4) is 5.75 Å². The lowest BCUT2D eigenvalue weighted by Crippen LogP contribution is -2.43. The summed E-state index contributed by atoms with van der Waals surface area (Å²) in [6.07, 6.45) is -2.23. The van der Waals surface area contributed by atoms with Gasteiger partial charge in [-0.3, -0.25) is 9.53 Å². The van der Waals surface area contributed by atoms with Crippen LogP contribution in [0.25, 0.3) is 0 Å². The van der Waals surface area contributed by atoms with Gasteiger partial charge in [-0.1, -0.05) is 16.8 Å². The Kier molecular flexibility index (Phi) is 6.87. The molecule has 1 amide bonds. The number of hydrogen-bond acceptors (Lipinski definition) is 6. The third-order valence-corrected chi connectivity index (χ3v) is 5.68. The van der Waals surface area contributed by atoms with E-state index in [2.05, 4.69) is 20.4 Å². The van der Waals surface area contributed by atoms with Gasteiger partial charge in [0.05, 0.1) is 31.0 Å². The number of nitrogens with zero attached hydrogens (tertiary/aromatic N) is 3. The highest BCUT2D eigenvalue weighted by Gasteiger charge is 2.41. The molecule has 0 spiro atoms. The van der Waals surface area contributed by atoms with Crippen LogP contribution in [0.15, 0.2) is 30.5 Å². The van der Waals surface area contributed by atoms with Crippen LogP contribution in [0.1, 0.15) is 43.5 Å². The van der Waals surface area contributed by atoms with Crippen molar-refractivity contribution < 1.29 is 32.2 Å². The Bertz CT molecular complexity index is 910. The van der Waals surface area contributed by atoms with E-state index in [1.54, 1.807) is 35.1 Å². The Morgan fingerprint density at radius 1 is 1.25 bits per heavy atom. The number of ether oxygens (including phenoxy) is 3. The molecule has 1 aliphatic carbocycles. The number of alkyl halides is 3. The molecule has 2 atom stereocenters. The maximum absolute atomic E-state index is 12.2. The lowest BCUT2D eigenvalue weighted by atomic mass is 9.89. The molecule has 1 aromatic carbocycles. The zero-order valence-electron chi connectivity index (χ0n) is 16.9. The highest BCUT2D eigenvalue weighted by Crippen LogP contribution is 2.38. The standard InChI is InChI=1S/C20H22ClF3N4O4/c21-12-1-4-15(5-2-12)30-11-19(29)25-13-3-6-18(31-10-13)17-9-28(27-26-17)14-7-16(8-14)32-20(22,23)24/h1-2,4-5,9,13-14,16,18H,3,6-8,10-11H2,(H,25,29)/t13-,14?,16?,18+/m1/s1. The van der Waals surface area contributed by atoms with Crippen LogP contribution in [0.2, 0.25) is 5.02 Å².